The van der Waals surface area contributed by atoms with Gasteiger partial charge in [-0.3, -0.25) is 4.79 Å². The normalized spacial score (nSPS) is 43.1. The van der Waals surface area contributed by atoms with Crippen molar-refractivity contribution in [2.45, 2.75) is 38.3 Å². The van der Waals surface area contributed by atoms with E-state index in [0.717, 1.165) is 12.8 Å². The molecular formula is C15H22O3Si. The highest BCUT2D eigenvalue weighted by Crippen LogP contribution is 2.65. The van der Waals surface area contributed by atoms with Crippen molar-refractivity contribution in [3.63, 3.8) is 0 Å². The van der Waals surface area contributed by atoms with Gasteiger partial charge in [-0.2, -0.15) is 0 Å². The molecule has 4 aliphatic rings. The summed E-state index contributed by atoms with van der Waals surface area (Å²) in [5.41, 5.74) is 0. The third-order valence-electron chi connectivity index (χ3n) is 5.60. The van der Waals surface area contributed by atoms with Crippen molar-refractivity contribution >= 4 is 13.9 Å². The number of carbonyl (C=O) groups is 1. The molecule has 0 amide bonds. The van der Waals surface area contributed by atoms with E-state index >= 15 is 0 Å². The molecule has 0 N–H and O–H groups in total. The number of carbonyl (C=O) groups excluding carboxylic acids is 1. The van der Waals surface area contributed by atoms with Gasteiger partial charge in [-0.05, 0) is 23.5 Å². The number of ether oxygens (including phenoxy) is 2. The molecule has 19 heavy (non-hydrogen) atoms. The van der Waals surface area contributed by atoms with E-state index in [0.29, 0.717) is 36.8 Å². The largest absolute Gasteiger partial charge is 0.347 e. The lowest BCUT2D eigenvalue weighted by Crippen LogP contribution is -2.54. The van der Waals surface area contributed by atoms with E-state index in [9.17, 15) is 4.79 Å². The second-order valence-electron chi connectivity index (χ2n) is 7.53. The van der Waals surface area contributed by atoms with Gasteiger partial charge in [-0.1, -0.05) is 25.7 Å². The van der Waals surface area contributed by atoms with Crippen molar-refractivity contribution in [3.8, 4) is 0 Å². The van der Waals surface area contributed by atoms with Gasteiger partial charge < -0.3 is 9.47 Å². The first-order valence-corrected chi connectivity index (χ1v) is 11.0. The minimum Gasteiger partial charge on any atom is -0.347 e. The Bertz CT molecular complexity index is 470. The van der Waals surface area contributed by atoms with Crippen LogP contribution >= 0.6 is 0 Å². The number of hydrogen-bond donors (Lipinski definition) is 0. The number of hydrogen-bond acceptors (Lipinski definition) is 3. The Hall–Kier alpha value is -0.453. The zero-order valence-corrected chi connectivity index (χ0v) is 12.9. The Labute approximate surface area is 115 Å². The van der Waals surface area contributed by atoms with Crippen LogP contribution in [0.25, 0.3) is 0 Å². The van der Waals surface area contributed by atoms with Crippen molar-refractivity contribution in [2.75, 3.05) is 13.2 Å². The lowest BCUT2D eigenvalue weighted by Gasteiger charge is -2.48. The molecule has 0 aromatic rings. The summed E-state index contributed by atoms with van der Waals surface area (Å²) in [6.45, 7) is 8.22. The molecule has 0 bridgehead atoms. The van der Waals surface area contributed by atoms with Gasteiger partial charge in [0.05, 0.1) is 21.3 Å². The van der Waals surface area contributed by atoms with Gasteiger partial charge in [0.15, 0.2) is 11.6 Å². The van der Waals surface area contributed by atoms with Crippen molar-refractivity contribution in [1.82, 2.24) is 0 Å². The number of ketones is 1. The molecule has 1 spiro atoms. The van der Waals surface area contributed by atoms with Crippen LogP contribution in [0.4, 0.5) is 0 Å². The molecule has 0 aromatic heterocycles. The summed E-state index contributed by atoms with van der Waals surface area (Å²) in [5, 5.41) is 1.17. The third kappa shape index (κ3) is 1.43. The monoisotopic (exact) mass is 278 g/mol. The standard InChI is InChI=1S/C15H22O3Si/c1-19(2,3)11-8-10-9-4-5-15(17-6-7-18-15)13(9)12(10)14(11)16/h8-10,12-13H,4-7H2,1-3H3/t9-,10-,12-,13-/m1/s1. The summed E-state index contributed by atoms with van der Waals surface area (Å²) in [4.78, 5) is 12.8. The first kappa shape index (κ1) is 12.3. The van der Waals surface area contributed by atoms with Gasteiger partial charge in [-0.15, -0.1) is 0 Å². The van der Waals surface area contributed by atoms with Crippen LogP contribution in [0.1, 0.15) is 12.8 Å². The fourth-order valence-corrected chi connectivity index (χ4v) is 6.42. The maximum Gasteiger partial charge on any atom is 0.172 e. The Kier molecular flexibility index (Phi) is 2.33. The van der Waals surface area contributed by atoms with Crippen LogP contribution in [-0.2, 0) is 14.3 Å². The van der Waals surface area contributed by atoms with E-state index in [1.165, 1.54) is 5.20 Å². The van der Waals surface area contributed by atoms with E-state index in [2.05, 4.69) is 25.7 Å². The molecule has 0 unspecified atom stereocenters. The van der Waals surface area contributed by atoms with Crippen LogP contribution < -0.4 is 0 Å². The third-order valence-corrected chi connectivity index (χ3v) is 7.63. The van der Waals surface area contributed by atoms with Crippen LogP contribution in [0.2, 0.25) is 19.6 Å². The van der Waals surface area contributed by atoms with E-state index in [1.807, 2.05) is 0 Å². The molecule has 0 aromatic carbocycles. The molecule has 3 aliphatic carbocycles. The molecule has 2 saturated carbocycles. The highest BCUT2D eigenvalue weighted by molar-refractivity contribution is 6.87. The summed E-state index contributed by atoms with van der Waals surface area (Å²) >= 11 is 0. The van der Waals surface area contributed by atoms with Crippen LogP contribution in [0.5, 0.6) is 0 Å². The molecule has 4 heteroatoms. The predicted molar refractivity (Wildman–Crippen MR) is 74.3 cm³/mol. The maximum absolute atomic E-state index is 12.8. The van der Waals surface area contributed by atoms with Crippen LogP contribution in [0.3, 0.4) is 0 Å². The zero-order chi connectivity index (χ0) is 13.4. The van der Waals surface area contributed by atoms with E-state index in [4.69, 9.17) is 9.47 Å². The highest BCUT2D eigenvalue weighted by Gasteiger charge is 2.69. The Balaban J connectivity index is 1.66. The minimum atomic E-state index is -1.50. The van der Waals surface area contributed by atoms with Crippen molar-refractivity contribution < 1.29 is 14.3 Å². The summed E-state index contributed by atoms with van der Waals surface area (Å²) in [6.07, 6.45) is 4.47. The van der Waals surface area contributed by atoms with Crippen LogP contribution in [0.15, 0.2) is 11.3 Å². The Morgan fingerprint density at radius 2 is 1.95 bits per heavy atom. The van der Waals surface area contributed by atoms with Crippen molar-refractivity contribution in [1.29, 1.82) is 0 Å². The summed E-state index contributed by atoms with van der Waals surface area (Å²) < 4.78 is 11.9. The molecule has 4 rings (SSSR count). The number of fused-ring (bicyclic) bond motifs is 5. The van der Waals surface area contributed by atoms with Gasteiger partial charge in [-0.25, -0.2) is 0 Å². The molecule has 1 aliphatic heterocycles. The van der Waals surface area contributed by atoms with Gasteiger partial charge >= 0.3 is 0 Å². The van der Waals surface area contributed by atoms with Crippen molar-refractivity contribution in [3.05, 3.63) is 11.3 Å². The lowest BCUT2D eigenvalue weighted by atomic mass is 9.58. The number of Topliss-reactive ketones (excluding diaryl/α,β-unsaturated/α-hetero) is 1. The fourth-order valence-electron chi connectivity index (χ4n) is 4.82. The molecule has 3 nitrogen and oxygen atoms in total. The van der Waals surface area contributed by atoms with E-state index in [-0.39, 0.29) is 5.92 Å². The first-order valence-electron chi connectivity index (χ1n) is 7.48. The highest BCUT2D eigenvalue weighted by atomic mass is 28.3. The van der Waals surface area contributed by atoms with Gasteiger partial charge in [0.1, 0.15) is 0 Å². The second kappa shape index (κ2) is 3.60. The molecule has 0 radical (unpaired) electrons. The molecular weight excluding hydrogens is 256 g/mol. The van der Waals surface area contributed by atoms with E-state index in [1.54, 1.807) is 0 Å². The average Bonchev–Trinajstić information content (AvgIpc) is 2.91. The van der Waals surface area contributed by atoms with Gasteiger partial charge in [0.2, 0.25) is 0 Å². The predicted octanol–water partition coefficient (Wildman–Crippen LogP) is 2.39. The van der Waals surface area contributed by atoms with Crippen LogP contribution in [-0.4, -0.2) is 32.9 Å². The molecule has 3 fully saturated rings. The summed E-state index contributed by atoms with van der Waals surface area (Å²) in [7, 11) is -1.50. The number of allylic oxidation sites excluding steroid dienone is 2. The summed E-state index contributed by atoms with van der Waals surface area (Å²) in [5.74, 6) is 1.65. The Morgan fingerprint density at radius 3 is 2.58 bits per heavy atom. The van der Waals surface area contributed by atoms with Gasteiger partial charge in [0, 0.05) is 18.3 Å². The van der Waals surface area contributed by atoms with Crippen LogP contribution in [0, 0.1) is 23.7 Å². The molecule has 1 saturated heterocycles. The number of rotatable bonds is 1. The summed E-state index contributed by atoms with van der Waals surface area (Å²) in [6, 6.07) is 0. The lowest BCUT2D eigenvalue weighted by molar-refractivity contribution is -0.223. The Morgan fingerprint density at radius 1 is 1.26 bits per heavy atom. The maximum atomic E-state index is 12.8. The van der Waals surface area contributed by atoms with Gasteiger partial charge in [0.25, 0.3) is 0 Å². The minimum absolute atomic E-state index is 0.173. The molecule has 104 valence electrons. The van der Waals surface area contributed by atoms with E-state index < -0.39 is 13.9 Å². The first-order chi connectivity index (χ1) is 8.94. The smallest absolute Gasteiger partial charge is 0.172 e. The SMILES string of the molecule is C[Si](C)(C)C1=C[C@@H]2[C@H]3CCC4(OCCO4)[C@H]3[C@@H]2C1=O. The topological polar surface area (TPSA) is 35.5 Å². The van der Waals surface area contributed by atoms with Crippen molar-refractivity contribution in [2.24, 2.45) is 23.7 Å². The second-order valence-corrected chi connectivity index (χ2v) is 12.6. The zero-order valence-electron chi connectivity index (χ0n) is 11.9. The molecule has 4 atom stereocenters. The molecule has 1 heterocycles. The average molecular weight is 278 g/mol. The fraction of sp³-hybridized carbons (Fsp3) is 0.800. The quantitative estimate of drug-likeness (QED) is 0.691.